The van der Waals surface area contributed by atoms with Gasteiger partial charge < -0.3 is 33.5 Å². The number of rotatable bonds is 9. The molecule has 12 atom stereocenters. The van der Waals surface area contributed by atoms with Gasteiger partial charge in [0.2, 0.25) is 0 Å². The van der Waals surface area contributed by atoms with E-state index in [1.807, 2.05) is 6.92 Å². The summed E-state index contributed by atoms with van der Waals surface area (Å²) in [6.07, 6.45) is -0.689. The first-order chi connectivity index (χ1) is 21.3. The van der Waals surface area contributed by atoms with Crippen molar-refractivity contribution in [2.75, 3.05) is 48.1 Å². The van der Waals surface area contributed by atoms with Gasteiger partial charge in [-0.3, -0.25) is 9.69 Å². The van der Waals surface area contributed by atoms with Crippen LogP contribution in [-0.4, -0.2) is 106 Å². The van der Waals surface area contributed by atoms with E-state index in [0.717, 1.165) is 13.0 Å². The number of esters is 2. The Hall–Kier alpha value is -2.24. The van der Waals surface area contributed by atoms with Crippen molar-refractivity contribution in [2.24, 2.45) is 39.9 Å². The summed E-state index contributed by atoms with van der Waals surface area (Å²) < 4.78 is 37.3. The van der Waals surface area contributed by atoms with Crippen molar-refractivity contribution in [1.29, 1.82) is 0 Å². The average molecular weight is 630 g/mol. The van der Waals surface area contributed by atoms with E-state index in [0.29, 0.717) is 30.9 Å². The average Bonchev–Trinajstić information content (AvgIpc) is 3.39. The third-order valence-electron chi connectivity index (χ3n) is 12.8. The number of likely N-dealkylation sites (tertiary alicyclic amines) is 1. The predicted molar refractivity (Wildman–Crippen MR) is 165 cm³/mol. The zero-order chi connectivity index (χ0) is 32.7. The molecule has 6 rings (SSSR count). The van der Waals surface area contributed by atoms with Crippen LogP contribution in [0.2, 0.25) is 0 Å². The first-order valence-electron chi connectivity index (χ1n) is 16.3. The fourth-order valence-corrected chi connectivity index (χ4v) is 11.7. The van der Waals surface area contributed by atoms with Crippen LogP contribution >= 0.6 is 0 Å². The Balaban J connectivity index is 1.57. The van der Waals surface area contributed by atoms with Crippen LogP contribution in [0.25, 0.3) is 0 Å². The Morgan fingerprint density at radius 1 is 1.02 bits per heavy atom. The zero-order valence-electron chi connectivity index (χ0n) is 28.2. The molecule has 0 radical (unpaired) electrons. The normalized spacial score (nSPS) is 44.3. The molecule has 5 aliphatic rings. The summed E-state index contributed by atoms with van der Waals surface area (Å²) in [5.41, 5.74) is -2.17. The largest absolute Gasteiger partial charge is 0.497 e. The van der Waals surface area contributed by atoms with E-state index >= 15 is 0 Å². The maximum absolute atomic E-state index is 13.8. The van der Waals surface area contributed by atoms with Crippen LogP contribution in [0.15, 0.2) is 24.3 Å². The van der Waals surface area contributed by atoms with Crippen LogP contribution in [0.5, 0.6) is 5.75 Å². The molecule has 1 heterocycles. The maximum Gasteiger partial charge on any atom is 0.338 e. The Kier molecular flexibility index (Phi) is 8.13. The minimum atomic E-state index is -1.04. The minimum Gasteiger partial charge on any atom is -0.497 e. The van der Waals surface area contributed by atoms with Gasteiger partial charge in [0.15, 0.2) is 0 Å². The number of carbonyl (C=O) groups is 2. The number of hydrogen-bond donors (Lipinski definition) is 1. The van der Waals surface area contributed by atoms with Crippen molar-refractivity contribution in [3.05, 3.63) is 29.8 Å². The molecule has 5 fully saturated rings. The van der Waals surface area contributed by atoms with E-state index in [1.54, 1.807) is 52.7 Å². The van der Waals surface area contributed by atoms with Gasteiger partial charge in [0, 0.05) is 81.3 Å². The van der Waals surface area contributed by atoms with Gasteiger partial charge in [0.1, 0.15) is 17.5 Å². The van der Waals surface area contributed by atoms with Gasteiger partial charge in [-0.25, -0.2) is 4.79 Å². The topological polar surface area (TPSA) is 113 Å². The SMILES string of the molecule is CCN1C[C@]2(COC)[C@H](O)C[C@H](OC)[C@@]34[C@@H]5CC(C)(C)[C@H](OC(=O)c6ccc(OC)cc6)[C@@H]5[C@@](C)(OC(C)=O)[C@@H]([C@H](OC)[C@H]23)[C@@H]14. The zero-order valence-corrected chi connectivity index (χ0v) is 28.2. The van der Waals surface area contributed by atoms with Crippen molar-refractivity contribution in [3.8, 4) is 5.75 Å². The molecule has 1 spiro atoms. The van der Waals surface area contributed by atoms with E-state index in [1.165, 1.54) is 6.92 Å². The molecule has 0 unspecified atom stereocenters. The molecule has 1 aliphatic heterocycles. The molecule has 1 saturated heterocycles. The highest BCUT2D eigenvalue weighted by Gasteiger charge is 2.87. The van der Waals surface area contributed by atoms with Gasteiger partial charge in [-0.15, -0.1) is 0 Å². The first kappa shape index (κ1) is 32.7. The van der Waals surface area contributed by atoms with Gasteiger partial charge in [-0.2, -0.15) is 0 Å². The monoisotopic (exact) mass is 629 g/mol. The van der Waals surface area contributed by atoms with E-state index in [-0.39, 0.29) is 47.9 Å². The molecule has 45 heavy (non-hydrogen) atoms. The molecular formula is C35H51NO9. The summed E-state index contributed by atoms with van der Waals surface area (Å²) in [4.78, 5) is 29.4. The lowest BCUT2D eigenvalue weighted by molar-refractivity contribution is -0.292. The number of benzene rings is 1. The van der Waals surface area contributed by atoms with Crippen molar-refractivity contribution in [1.82, 2.24) is 4.90 Å². The minimum absolute atomic E-state index is 0.0441. The van der Waals surface area contributed by atoms with Gasteiger partial charge in [0.05, 0.1) is 37.6 Å². The molecule has 0 aromatic heterocycles. The lowest BCUT2D eigenvalue weighted by Crippen LogP contribution is -2.78. The fraction of sp³-hybridized carbons (Fsp3) is 0.771. The maximum atomic E-state index is 13.8. The number of piperidine rings is 1. The highest BCUT2D eigenvalue weighted by atomic mass is 16.6. The van der Waals surface area contributed by atoms with Crippen molar-refractivity contribution >= 4 is 11.9 Å². The van der Waals surface area contributed by atoms with Gasteiger partial charge in [-0.1, -0.05) is 20.8 Å². The van der Waals surface area contributed by atoms with Crippen LogP contribution in [0.4, 0.5) is 0 Å². The lowest BCUT2D eigenvalue weighted by Gasteiger charge is -2.69. The summed E-state index contributed by atoms with van der Waals surface area (Å²) in [6.45, 7) is 11.7. The van der Waals surface area contributed by atoms with Gasteiger partial charge in [0.25, 0.3) is 0 Å². The molecule has 4 saturated carbocycles. The summed E-state index contributed by atoms with van der Waals surface area (Å²) in [7, 11) is 6.75. The molecule has 10 nitrogen and oxygen atoms in total. The Morgan fingerprint density at radius 3 is 2.27 bits per heavy atom. The number of nitrogens with zero attached hydrogens (tertiary/aromatic N) is 1. The molecule has 0 amide bonds. The number of fused-ring (bicyclic) bond motifs is 1. The number of ether oxygens (including phenoxy) is 6. The molecule has 10 heteroatoms. The first-order valence-corrected chi connectivity index (χ1v) is 16.3. The van der Waals surface area contributed by atoms with Crippen LogP contribution in [0.1, 0.15) is 57.8 Å². The molecular weight excluding hydrogens is 578 g/mol. The Labute approximate surface area is 267 Å². The van der Waals surface area contributed by atoms with Crippen LogP contribution in [0.3, 0.4) is 0 Å². The second kappa shape index (κ2) is 11.2. The standard InChI is InChI=1S/C35H51NO9/c1-10-36-17-34(18-40-6)23(38)15-24(42-8)35-22-16-32(3,4)30(44-31(39)20-11-13-21(41-7)14-12-20)25(22)33(5,45-19(2)37)26(29(35)36)27(43-9)28(34)35/h11-14,22-30,38H,10,15-18H2,1-9H3/t22-,23-,24+,25-,26+,27+,28-,29-,30-,33-,34+,35+/m1/s1. The Bertz CT molecular complexity index is 1300. The summed E-state index contributed by atoms with van der Waals surface area (Å²) in [5, 5.41) is 12.0. The number of carbonyl (C=O) groups excluding carboxylic acids is 2. The fourth-order valence-electron chi connectivity index (χ4n) is 11.7. The van der Waals surface area contributed by atoms with Crippen LogP contribution in [0, 0.1) is 39.9 Å². The lowest BCUT2D eigenvalue weighted by atomic mass is 9.42. The predicted octanol–water partition coefficient (Wildman–Crippen LogP) is 3.58. The molecule has 5 bridgehead atoms. The number of aliphatic hydroxyl groups is 1. The molecule has 1 aromatic carbocycles. The van der Waals surface area contributed by atoms with Crippen molar-refractivity contribution < 1.29 is 43.1 Å². The molecule has 1 N–H and O–H groups in total. The van der Waals surface area contributed by atoms with Gasteiger partial charge >= 0.3 is 11.9 Å². The summed E-state index contributed by atoms with van der Waals surface area (Å²) >= 11 is 0. The highest BCUT2D eigenvalue weighted by Crippen LogP contribution is 2.79. The molecule has 1 aromatic rings. The van der Waals surface area contributed by atoms with Gasteiger partial charge in [-0.05, 0) is 50.1 Å². The second-order valence-electron chi connectivity index (χ2n) is 15.0. The van der Waals surface area contributed by atoms with E-state index in [2.05, 4.69) is 25.7 Å². The number of methoxy groups -OCH3 is 4. The highest BCUT2D eigenvalue weighted by molar-refractivity contribution is 5.89. The Morgan fingerprint density at radius 2 is 1.71 bits per heavy atom. The molecule has 4 aliphatic carbocycles. The smallest absolute Gasteiger partial charge is 0.338 e. The molecule has 250 valence electrons. The van der Waals surface area contributed by atoms with E-state index < -0.39 is 40.0 Å². The van der Waals surface area contributed by atoms with E-state index in [9.17, 15) is 14.7 Å². The third kappa shape index (κ3) is 4.24. The summed E-state index contributed by atoms with van der Waals surface area (Å²) in [5.74, 6) is -0.970. The second-order valence-corrected chi connectivity index (χ2v) is 15.0. The van der Waals surface area contributed by atoms with Crippen molar-refractivity contribution in [2.45, 2.75) is 83.5 Å². The third-order valence-corrected chi connectivity index (χ3v) is 12.8. The number of aliphatic hydroxyl groups excluding tert-OH is 1. The van der Waals surface area contributed by atoms with Crippen LogP contribution < -0.4 is 4.74 Å². The number of hydrogen-bond acceptors (Lipinski definition) is 10. The summed E-state index contributed by atoms with van der Waals surface area (Å²) in [6, 6.07) is 6.87. The van der Waals surface area contributed by atoms with Crippen LogP contribution in [-0.2, 0) is 28.5 Å². The quantitative estimate of drug-likeness (QED) is 0.407. The van der Waals surface area contributed by atoms with E-state index in [4.69, 9.17) is 28.4 Å². The van der Waals surface area contributed by atoms with Crippen molar-refractivity contribution in [3.63, 3.8) is 0 Å².